The Hall–Kier alpha value is -2.16. The summed E-state index contributed by atoms with van der Waals surface area (Å²) in [6.45, 7) is 2.34. The SMILES string of the molecule is O=S(=O)(c1cn(C2CCCC2)nc1-c1cccs1)N1CCN(c2ccccc2)CC1. The Morgan fingerprint density at radius 1 is 0.933 bits per heavy atom. The van der Waals surface area contributed by atoms with Crippen LogP contribution in [0.3, 0.4) is 0 Å². The van der Waals surface area contributed by atoms with Crippen molar-refractivity contribution in [1.82, 2.24) is 14.1 Å². The predicted octanol–water partition coefficient (Wildman–Crippen LogP) is 4.24. The van der Waals surface area contributed by atoms with Crippen LogP contribution in [0, 0.1) is 0 Å². The third-order valence-electron chi connectivity index (χ3n) is 6.13. The van der Waals surface area contributed by atoms with Gasteiger partial charge in [-0.1, -0.05) is 37.1 Å². The standard InChI is InChI=1S/C22H26N4O2S2/c27-30(28,25-14-12-24(13-15-25)18-7-2-1-3-8-18)21-17-26(19-9-4-5-10-19)23-22(21)20-11-6-16-29-20/h1-3,6-8,11,16-17,19H,4-5,9-10,12-15H2. The molecule has 1 aliphatic carbocycles. The van der Waals surface area contributed by atoms with Crippen molar-refractivity contribution in [2.45, 2.75) is 36.6 Å². The van der Waals surface area contributed by atoms with E-state index in [2.05, 4.69) is 17.0 Å². The summed E-state index contributed by atoms with van der Waals surface area (Å²) in [6, 6.07) is 14.4. The molecule has 30 heavy (non-hydrogen) atoms. The number of anilines is 1. The highest BCUT2D eigenvalue weighted by Gasteiger charge is 2.34. The summed E-state index contributed by atoms with van der Waals surface area (Å²) >= 11 is 1.54. The lowest BCUT2D eigenvalue weighted by Crippen LogP contribution is -2.48. The number of piperazine rings is 1. The summed E-state index contributed by atoms with van der Waals surface area (Å²) in [5.74, 6) is 0. The lowest BCUT2D eigenvalue weighted by molar-refractivity contribution is 0.385. The van der Waals surface area contributed by atoms with E-state index < -0.39 is 10.0 Å². The summed E-state index contributed by atoms with van der Waals surface area (Å²) in [5, 5.41) is 6.74. The summed E-state index contributed by atoms with van der Waals surface area (Å²) in [6.07, 6.45) is 6.29. The molecule has 1 aromatic carbocycles. The maximum Gasteiger partial charge on any atom is 0.246 e. The molecule has 2 fully saturated rings. The van der Waals surface area contributed by atoms with E-state index in [1.54, 1.807) is 10.5 Å². The Balaban J connectivity index is 1.42. The Bertz CT molecular complexity index is 1080. The Labute approximate surface area is 181 Å². The van der Waals surface area contributed by atoms with Crippen molar-refractivity contribution in [2.75, 3.05) is 31.1 Å². The molecule has 2 aromatic heterocycles. The van der Waals surface area contributed by atoms with Crippen molar-refractivity contribution in [1.29, 1.82) is 0 Å². The highest BCUT2D eigenvalue weighted by atomic mass is 32.2. The van der Waals surface area contributed by atoms with E-state index in [9.17, 15) is 8.42 Å². The van der Waals surface area contributed by atoms with Crippen molar-refractivity contribution in [3.8, 4) is 10.6 Å². The lowest BCUT2D eigenvalue weighted by atomic mass is 10.2. The number of hydrogen-bond acceptors (Lipinski definition) is 5. The molecule has 0 unspecified atom stereocenters. The van der Waals surface area contributed by atoms with Crippen LogP contribution in [0.2, 0.25) is 0 Å². The molecule has 0 atom stereocenters. The molecule has 8 heteroatoms. The molecular weight excluding hydrogens is 416 g/mol. The van der Waals surface area contributed by atoms with Crippen LogP contribution in [0.1, 0.15) is 31.7 Å². The van der Waals surface area contributed by atoms with Crippen LogP contribution in [0.25, 0.3) is 10.6 Å². The number of nitrogens with zero attached hydrogens (tertiary/aromatic N) is 4. The quantitative estimate of drug-likeness (QED) is 0.593. The second-order valence-corrected chi connectivity index (χ2v) is 10.8. The monoisotopic (exact) mass is 442 g/mol. The van der Waals surface area contributed by atoms with Gasteiger partial charge in [0, 0.05) is 38.1 Å². The van der Waals surface area contributed by atoms with Crippen molar-refractivity contribution in [2.24, 2.45) is 0 Å². The number of rotatable bonds is 5. The zero-order valence-electron chi connectivity index (χ0n) is 16.9. The smallest absolute Gasteiger partial charge is 0.246 e. The minimum absolute atomic E-state index is 0.308. The zero-order chi connectivity index (χ0) is 20.6. The van der Waals surface area contributed by atoms with Gasteiger partial charge >= 0.3 is 0 Å². The van der Waals surface area contributed by atoms with Crippen LogP contribution in [-0.2, 0) is 10.0 Å². The molecule has 5 rings (SSSR count). The molecule has 2 aliphatic rings. The maximum absolute atomic E-state index is 13.6. The van der Waals surface area contributed by atoms with Gasteiger partial charge in [-0.15, -0.1) is 11.3 Å². The van der Waals surface area contributed by atoms with Gasteiger partial charge < -0.3 is 4.90 Å². The molecule has 0 radical (unpaired) electrons. The first-order chi connectivity index (χ1) is 14.6. The van der Waals surface area contributed by atoms with Gasteiger partial charge in [0.15, 0.2) is 0 Å². The average Bonchev–Trinajstić information content (AvgIpc) is 3.55. The van der Waals surface area contributed by atoms with E-state index >= 15 is 0 Å². The third kappa shape index (κ3) is 3.68. The number of benzene rings is 1. The van der Waals surface area contributed by atoms with Crippen molar-refractivity contribution < 1.29 is 8.42 Å². The van der Waals surface area contributed by atoms with Crippen LogP contribution in [0.15, 0.2) is 58.9 Å². The second kappa shape index (κ2) is 8.17. The number of hydrogen-bond donors (Lipinski definition) is 0. The van der Waals surface area contributed by atoms with Gasteiger partial charge in [0.05, 0.1) is 10.9 Å². The fraction of sp³-hybridized carbons (Fsp3) is 0.409. The number of thiophene rings is 1. The predicted molar refractivity (Wildman–Crippen MR) is 120 cm³/mol. The van der Waals surface area contributed by atoms with Crippen molar-refractivity contribution in [3.05, 3.63) is 54.0 Å². The highest BCUT2D eigenvalue weighted by Crippen LogP contribution is 2.36. The van der Waals surface area contributed by atoms with E-state index in [4.69, 9.17) is 5.10 Å². The van der Waals surface area contributed by atoms with Gasteiger partial charge in [-0.2, -0.15) is 9.40 Å². The first-order valence-electron chi connectivity index (χ1n) is 10.6. The van der Waals surface area contributed by atoms with E-state index in [0.29, 0.717) is 42.8 Å². The number of para-hydroxylation sites is 1. The maximum atomic E-state index is 13.6. The molecule has 0 N–H and O–H groups in total. The lowest BCUT2D eigenvalue weighted by Gasteiger charge is -2.35. The fourth-order valence-electron chi connectivity index (χ4n) is 4.47. The van der Waals surface area contributed by atoms with Crippen molar-refractivity contribution >= 4 is 27.0 Å². The molecule has 3 heterocycles. The van der Waals surface area contributed by atoms with Gasteiger partial charge in [-0.25, -0.2) is 8.42 Å². The molecule has 1 saturated heterocycles. The number of sulfonamides is 1. The van der Waals surface area contributed by atoms with Crippen LogP contribution >= 0.6 is 11.3 Å². The molecule has 0 spiro atoms. The van der Waals surface area contributed by atoms with Gasteiger partial charge in [-0.05, 0) is 36.4 Å². The minimum atomic E-state index is -3.60. The Morgan fingerprint density at radius 3 is 2.33 bits per heavy atom. The van der Waals surface area contributed by atoms with Crippen LogP contribution in [0.4, 0.5) is 5.69 Å². The second-order valence-electron chi connectivity index (χ2n) is 7.96. The molecule has 3 aromatic rings. The summed E-state index contributed by atoms with van der Waals surface area (Å²) < 4.78 is 30.8. The summed E-state index contributed by atoms with van der Waals surface area (Å²) in [7, 11) is -3.60. The van der Waals surface area contributed by atoms with E-state index in [-0.39, 0.29) is 0 Å². The number of aromatic nitrogens is 2. The van der Waals surface area contributed by atoms with Gasteiger partial charge in [0.25, 0.3) is 0 Å². The van der Waals surface area contributed by atoms with Gasteiger partial charge in [0.2, 0.25) is 10.0 Å². The zero-order valence-corrected chi connectivity index (χ0v) is 18.5. The van der Waals surface area contributed by atoms with Gasteiger partial charge in [-0.3, -0.25) is 4.68 Å². The van der Waals surface area contributed by atoms with Crippen LogP contribution in [0.5, 0.6) is 0 Å². The van der Waals surface area contributed by atoms with Gasteiger partial charge in [0.1, 0.15) is 10.6 Å². The first-order valence-corrected chi connectivity index (χ1v) is 12.9. The molecule has 158 valence electrons. The normalized spacial score (nSPS) is 18.9. The first kappa shape index (κ1) is 19.8. The molecule has 0 bridgehead atoms. The molecule has 1 saturated carbocycles. The van der Waals surface area contributed by atoms with Crippen LogP contribution in [-0.4, -0.2) is 48.7 Å². The molecule has 0 amide bonds. The van der Waals surface area contributed by atoms with Crippen molar-refractivity contribution in [3.63, 3.8) is 0 Å². The highest BCUT2D eigenvalue weighted by molar-refractivity contribution is 7.89. The topological polar surface area (TPSA) is 58.4 Å². The molecule has 1 aliphatic heterocycles. The van der Waals surface area contributed by atoms with Crippen LogP contribution < -0.4 is 4.90 Å². The minimum Gasteiger partial charge on any atom is -0.369 e. The molecular formula is C22H26N4O2S2. The summed E-state index contributed by atoms with van der Waals surface area (Å²) in [5.41, 5.74) is 1.74. The Morgan fingerprint density at radius 2 is 1.67 bits per heavy atom. The third-order valence-corrected chi connectivity index (χ3v) is 8.91. The van der Waals surface area contributed by atoms with E-state index in [1.807, 2.05) is 40.4 Å². The Kier molecular flexibility index (Phi) is 5.39. The summed E-state index contributed by atoms with van der Waals surface area (Å²) in [4.78, 5) is 3.51. The van der Waals surface area contributed by atoms with E-state index in [0.717, 1.165) is 23.4 Å². The average molecular weight is 443 g/mol. The molecule has 6 nitrogen and oxygen atoms in total. The largest absolute Gasteiger partial charge is 0.369 e. The fourth-order valence-corrected chi connectivity index (χ4v) is 6.81. The van der Waals surface area contributed by atoms with E-state index in [1.165, 1.54) is 24.2 Å².